The fourth-order valence-corrected chi connectivity index (χ4v) is 3.34. The lowest BCUT2D eigenvalue weighted by molar-refractivity contribution is -0.137. The molecule has 2 rings (SSSR count). The van der Waals surface area contributed by atoms with Gasteiger partial charge in [0.2, 0.25) is 5.91 Å². The standard InChI is InChI=1S/C17H18F3NOS/c1-11(8-15-7-6-12(2)23-15)21-16(22)10-13-4-3-5-14(9-13)17(18,19)20/h3-7,9,11H,8,10H2,1-2H3,(H,21,22). The molecule has 1 heterocycles. The predicted octanol–water partition coefficient (Wildman–Crippen LogP) is 4.37. The van der Waals surface area contributed by atoms with Crippen LogP contribution in [0.2, 0.25) is 0 Å². The number of benzene rings is 1. The van der Waals surface area contributed by atoms with Crippen LogP contribution < -0.4 is 5.32 Å². The molecule has 0 aliphatic rings. The van der Waals surface area contributed by atoms with Crippen LogP contribution in [-0.2, 0) is 23.8 Å². The molecule has 0 saturated heterocycles. The Morgan fingerprint density at radius 2 is 2.00 bits per heavy atom. The first-order chi connectivity index (χ1) is 10.7. The molecule has 0 fully saturated rings. The van der Waals surface area contributed by atoms with E-state index in [1.807, 2.05) is 26.0 Å². The number of carbonyl (C=O) groups is 1. The molecular formula is C17H18F3NOS. The molecule has 1 atom stereocenters. The first kappa shape index (κ1) is 17.5. The van der Waals surface area contributed by atoms with Gasteiger partial charge in [-0.25, -0.2) is 0 Å². The van der Waals surface area contributed by atoms with Crippen LogP contribution in [0.15, 0.2) is 36.4 Å². The van der Waals surface area contributed by atoms with Crippen molar-refractivity contribution in [3.05, 3.63) is 57.3 Å². The number of alkyl halides is 3. The van der Waals surface area contributed by atoms with Gasteiger partial charge in [0, 0.05) is 22.2 Å². The van der Waals surface area contributed by atoms with Gasteiger partial charge in [0.25, 0.3) is 0 Å². The maximum Gasteiger partial charge on any atom is 0.416 e. The van der Waals surface area contributed by atoms with Crippen LogP contribution in [0.25, 0.3) is 0 Å². The minimum absolute atomic E-state index is 0.0578. The lowest BCUT2D eigenvalue weighted by Crippen LogP contribution is -2.35. The van der Waals surface area contributed by atoms with Gasteiger partial charge in [-0.2, -0.15) is 13.2 Å². The highest BCUT2D eigenvalue weighted by molar-refractivity contribution is 7.11. The Kier molecular flexibility index (Phi) is 5.46. The summed E-state index contributed by atoms with van der Waals surface area (Å²) in [7, 11) is 0. The zero-order valence-electron chi connectivity index (χ0n) is 12.9. The quantitative estimate of drug-likeness (QED) is 0.860. The second kappa shape index (κ2) is 7.17. The van der Waals surface area contributed by atoms with Crippen molar-refractivity contribution in [2.75, 3.05) is 0 Å². The number of rotatable bonds is 5. The SMILES string of the molecule is Cc1ccc(CC(C)NC(=O)Cc2cccc(C(F)(F)F)c2)s1. The van der Waals surface area contributed by atoms with Gasteiger partial charge in [-0.1, -0.05) is 18.2 Å². The van der Waals surface area contributed by atoms with Gasteiger partial charge in [0.15, 0.2) is 0 Å². The maximum absolute atomic E-state index is 12.7. The molecule has 0 aliphatic carbocycles. The van der Waals surface area contributed by atoms with Crippen molar-refractivity contribution >= 4 is 17.2 Å². The van der Waals surface area contributed by atoms with E-state index in [0.29, 0.717) is 12.0 Å². The minimum atomic E-state index is -4.39. The summed E-state index contributed by atoms with van der Waals surface area (Å²) in [5.41, 5.74) is -0.374. The minimum Gasteiger partial charge on any atom is -0.353 e. The third-order valence-electron chi connectivity index (χ3n) is 3.33. The molecule has 0 aliphatic heterocycles. The van der Waals surface area contributed by atoms with Crippen LogP contribution in [0.4, 0.5) is 13.2 Å². The fraction of sp³-hybridized carbons (Fsp3) is 0.353. The normalized spacial score (nSPS) is 12.9. The first-order valence-electron chi connectivity index (χ1n) is 7.25. The summed E-state index contributed by atoms with van der Waals surface area (Å²) in [6, 6.07) is 8.86. The molecule has 6 heteroatoms. The highest BCUT2D eigenvalue weighted by Crippen LogP contribution is 2.29. The second-order valence-electron chi connectivity index (χ2n) is 5.56. The Labute approximate surface area is 137 Å². The fourth-order valence-electron chi connectivity index (χ4n) is 2.32. The van der Waals surface area contributed by atoms with Gasteiger partial charge < -0.3 is 5.32 Å². The molecule has 124 valence electrons. The van der Waals surface area contributed by atoms with E-state index in [9.17, 15) is 18.0 Å². The average Bonchev–Trinajstić information content (AvgIpc) is 2.83. The van der Waals surface area contributed by atoms with E-state index in [-0.39, 0.29) is 18.4 Å². The molecule has 23 heavy (non-hydrogen) atoms. The molecule has 0 radical (unpaired) electrons. The van der Waals surface area contributed by atoms with Crippen LogP contribution in [0.5, 0.6) is 0 Å². The van der Waals surface area contributed by atoms with Crippen LogP contribution in [-0.4, -0.2) is 11.9 Å². The number of hydrogen-bond acceptors (Lipinski definition) is 2. The number of carbonyl (C=O) groups excluding carboxylic acids is 1. The highest BCUT2D eigenvalue weighted by atomic mass is 32.1. The van der Waals surface area contributed by atoms with Gasteiger partial charge in [-0.3, -0.25) is 4.79 Å². The lowest BCUT2D eigenvalue weighted by atomic mass is 10.1. The first-order valence-corrected chi connectivity index (χ1v) is 8.06. The molecule has 2 aromatic rings. The number of amides is 1. The summed E-state index contributed by atoms with van der Waals surface area (Å²) in [5, 5.41) is 2.83. The van der Waals surface area contributed by atoms with Crippen LogP contribution in [0.3, 0.4) is 0 Å². The van der Waals surface area contributed by atoms with Crippen LogP contribution >= 0.6 is 11.3 Å². The van der Waals surface area contributed by atoms with Gasteiger partial charge >= 0.3 is 6.18 Å². The van der Waals surface area contributed by atoms with Crippen molar-refractivity contribution in [3.63, 3.8) is 0 Å². The Bertz CT molecular complexity index is 678. The Hall–Kier alpha value is -1.82. The number of aryl methyl sites for hydroxylation is 1. The number of nitrogens with one attached hydrogen (secondary N) is 1. The zero-order valence-corrected chi connectivity index (χ0v) is 13.7. The van der Waals surface area contributed by atoms with Crippen LogP contribution in [0.1, 0.15) is 27.8 Å². The van der Waals surface area contributed by atoms with E-state index in [0.717, 1.165) is 12.1 Å². The Balaban J connectivity index is 1.91. The molecule has 1 N–H and O–H groups in total. The summed E-state index contributed by atoms with van der Waals surface area (Å²) in [5.74, 6) is -0.273. The van der Waals surface area contributed by atoms with Crippen molar-refractivity contribution in [3.8, 4) is 0 Å². The largest absolute Gasteiger partial charge is 0.416 e. The summed E-state index contributed by atoms with van der Waals surface area (Å²) in [4.78, 5) is 14.4. The Morgan fingerprint density at radius 1 is 1.26 bits per heavy atom. The molecule has 0 spiro atoms. The van der Waals surface area contributed by atoms with Crippen molar-refractivity contribution in [2.45, 2.75) is 38.9 Å². The highest BCUT2D eigenvalue weighted by Gasteiger charge is 2.30. The van der Waals surface area contributed by atoms with Crippen molar-refractivity contribution in [1.29, 1.82) is 0 Å². The van der Waals surface area contributed by atoms with Crippen molar-refractivity contribution < 1.29 is 18.0 Å². The summed E-state index contributed by atoms with van der Waals surface area (Å²) >= 11 is 1.68. The predicted molar refractivity (Wildman–Crippen MR) is 85.5 cm³/mol. The van der Waals surface area contributed by atoms with Gasteiger partial charge in [-0.05, 0) is 37.6 Å². The van der Waals surface area contributed by atoms with Crippen molar-refractivity contribution in [2.24, 2.45) is 0 Å². The zero-order chi connectivity index (χ0) is 17.0. The molecule has 0 bridgehead atoms. The molecular weight excluding hydrogens is 323 g/mol. The van der Waals surface area contributed by atoms with Crippen molar-refractivity contribution in [1.82, 2.24) is 5.32 Å². The number of halogens is 3. The molecule has 1 amide bonds. The van der Waals surface area contributed by atoms with Crippen LogP contribution in [0, 0.1) is 6.92 Å². The smallest absolute Gasteiger partial charge is 0.353 e. The van der Waals surface area contributed by atoms with E-state index in [1.54, 1.807) is 11.3 Å². The molecule has 1 unspecified atom stereocenters. The van der Waals surface area contributed by atoms with E-state index < -0.39 is 11.7 Å². The molecule has 0 saturated carbocycles. The molecule has 1 aromatic carbocycles. The van der Waals surface area contributed by atoms with E-state index in [4.69, 9.17) is 0 Å². The molecule has 1 aromatic heterocycles. The van der Waals surface area contributed by atoms with E-state index in [2.05, 4.69) is 5.32 Å². The molecule has 2 nitrogen and oxygen atoms in total. The van der Waals surface area contributed by atoms with E-state index >= 15 is 0 Å². The number of thiophene rings is 1. The average molecular weight is 341 g/mol. The third-order valence-corrected chi connectivity index (χ3v) is 4.35. The summed E-state index contributed by atoms with van der Waals surface area (Å²) in [6.07, 6.45) is -3.73. The van der Waals surface area contributed by atoms with Gasteiger partial charge in [-0.15, -0.1) is 11.3 Å². The van der Waals surface area contributed by atoms with Gasteiger partial charge in [0.1, 0.15) is 0 Å². The van der Waals surface area contributed by atoms with Gasteiger partial charge in [0.05, 0.1) is 12.0 Å². The monoisotopic (exact) mass is 341 g/mol. The number of hydrogen-bond donors (Lipinski definition) is 1. The summed E-state index contributed by atoms with van der Waals surface area (Å²) in [6.45, 7) is 3.91. The Morgan fingerprint density at radius 3 is 2.61 bits per heavy atom. The topological polar surface area (TPSA) is 29.1 Å². The summed E-state index contributed by atoms with van der Waals surface area (Å²) < 4.78 is 38.0. The second-order valence-corrected chi connectivity index (χ2v) is 6.93. The maximum atomic E-state index is 12.7. The lowest BCUT2D eigenvalue weighted by Gasteiger charge is -2.13. The van der Waals surface area contributed by atoms with E-state index in [1.165, 1.54) is 21.9 Å². The third kappa shape index (κ3) is 5.39.